The van der Waals surface area contributed by atoms with Gasteiger partial charge < -0.3 is 10.7 Å². The SMILES string of the molecule is Cc1cnc(CNC(=O)c2nc(C(C)C)ncc2NN)s1. The molecule has 2 aromatic heterocycles. The van der Waals surface area contributed by atoms with Crippen molar-refractivity contribution < 1.29 is 4.79 Å². The lowest BCUT2D eigenvalue weighted by atomic mass is 10.2. The third-order valence-corrected chi connectivity index (χ3v) is 3.68. The number of nitrogen functional groups attached to an aromatic ring is 1. The van der Waals surface area contributed by atoms with E-state index in [1.54, 1.807) is 17.5 Å². The van der Waals surface area contributed by atoms with E-state index in [1.165, 1.54) is 6.20 Å². The smallest absolute Gasteiger partial charge is 0.272 e. The zero-order chi connectivity index (χ0) is 15.4. The number of carbonyl (C=O) groups is 1. The average molecular weight is 306 g/mol. The number of hydrogen-bond donors (Lipinski definition) is 3. The number of hydrogen-bond acceptors (Lipinski definition) is 7. The third-order valence-electron chi connectivity index (χ3n) is 2.76. The molecule has 2 rings (SSSR count). The summed E-state index contributed by atoms with van der Waals surface area (Å²) in [6, 6.07) is 0. The molecule has 8 heteroatoms. The molecule has 0 aliphatic carbocycles. The first-order chi connectivity index (χ1) is 10.0. The molecule has 0 unspecified atom stereocenters. The molecule has 0 bridgehead atoms. The predicted octanol–water partition coefficient (Wildman–Crippen LogP) is 1.58. The number of nitrogens with one attached hydrogen (secondary N) is 2. The van der Waals surface area contributed by atoms with Crippen molar-refractivity contribution in [2.45, 2.75) is 33.2 Å². The van der Waals surface area contributed by atoms with Crippen LogP contribution in [0.4, 0.5) is 5.69 Å². The maximum atomic E-state index is 12.3. The molecule has 0 saturated heterocycles. The highest BCUT2D eigenvalue weighted by atomic mass is 32.1. The van der Waals surface area contributed by atoms with Crippen molar-refractivity contribution in [3.63, 3.8) is 0 Å². The Bertz CT molecular complexity index is 639. The number of nitrogens with two attached hydrogens (primary N) is 1. The van der Waals surface area contributed by atoms with E-state index in [4.69, 9.17) is 5.84 Å². The zero-order valence-corrected chi connectivity index (χ0v) is 13.0. The van der Waals surface area contributed by atoms with E-state index in [0.29, 0.717) is 18.1 Å². The van der Waals surface area contributed by atoms with E-state index in [9.17, 15) is 4.79 Å². The van der Waals surface area contributed by atoms with Gasteiger partial charge in [0.05, 0.1) is 18.4 Å². The van der Waals surface area contributed by atoms with Gasteiger partial charge in [-0.1, -0.05) is 13.8 Å². The van der Waals surface area contributed by atoms with Gasteiger partial charge in [0, 0.05) is 17.0 Å². The summed E-state index contributed by atoms with van der Waals surface area (Å²) in [6.45, 7) is 6.26. The van der Waals surface area contributed by atoms with Crippen LogP contribution in [-0.4, -0.2) is 20.9 Å². The number of aromatic nitrogens is 3. The van der Waals surface area contributed by atoms with Crippen LogP contribution in [0.1, 0.15) is 46.0 Å². The summed E-state index contributed by atoms with van der Waals surface area (Å²) >= 11 is 1.54. The van der Waals surface area contributed by atoms with Crippen LogP contribution in [-0.2, 0) is 6.54 Å². The van der Waals surface area contributed by atoms with Crippen LogP contribution in [0.3, 0.4) is 0 Å². The van der Waals surface area contributed by atoms with Gasteiger partial charge >= 0.3 is 0 Å². The molecule has 0 spiro atoms. The lowest BCUT2D eigenvalue weighted by Crippen LogP contribution is -2.26. The summed E-state index contributed by atoms with van der Waals surface area (Å²) in [7, 11) is 0. The molecule has 112 valence electrons. The summed E-state index contributed by atoms with van der Waals surface area (Å²) in [5.74, 6) is 5.83. The van der Waals surface area contributed by atoms with Crippen molar-refractivity contribution in [3.05, 3.63) is 33.8 Å². The molecular formula is C13H18N6OS. The van der Waals surface area contributed by atoms with E-state index in [0.717, 1.165) is 9.88 Å². The normalized spacial score (nSPS) is 10.7. The van der Waals surface area contributed by atoms with E-state index in [1.807, 2.05) is 20.8 Å². The van der Waals surface area contributed by atoms with Crippen LogP contribution in [0.15, 0.2) is 12.4 Å². The van der Waals surface area contributed by atoms with E-state index >= 15 is 0 Å². The highest BCUT2D eigenvalue weighted by Gasteiger charge is 2.16. The van der Waals surface area contributed by atoms with Gasteiger partial charge in [-0.3, -0.25) is 10.6 Å². The Morgan fingerprint density at radius 3 is 2.71 bits per heavy atom. The van der Waals surface area contributed by atoms with Crippen LogP contribution < -0.4 is 16.6 Å². The van der Waals surface area contributed by atoms with Crippen LogP contribution in [0.5, 0.6) is 0 Å². The highest BCUT2D eigenvalue weighted by molar-refractivity contribution is 7.11. The zero-order valence-electron chi connectivity index (χ0n) is 12.2. The first-order valence-corrected chi connectivity index (χ1v) is 7.36. The molecule has 4 N–H and O–H groups in total. The van der Waals surface area contributed by atoms with Gasteiger partial charge in [0.2, 0.25) is 0 Å². The Labute approximate surface area is 127 Å². The molecule has 0 radical (unpaired) electrons. The summed E-state index contributed by atoms with van der Waals surface area (Å²) in [5, 5.41) is 3.64. The first-order valence-electron chi connectivity index (χ1n) is 6.54. The van der Waals surface area contributed by atoms with Gasteiger partial charge in [0.1, 0.15) is 10.8 Å². The highest BCUT2D eigenvalue weighted by Crippen LogP contribution is 2.16. The fourth-order valence-electron chi connectivity index (χ4n) is 1.68. The Balaban J connectivity index is 2.15. The number of amides is 1. The molecule has 2 heterocycles. The van der Waals surface area contributed by atoms with E-state index < -0.39 is 0 Å². The number of hydrazine groups is 1. The second-order valence-electron chi connectivity index (χ2n) is 4.84. The van der Waals surface area contributed by atoms with Gasteiger partial charge in [-0.2, -0.15) is 0 Å². The van der Waals surface area contributed by atoms with Crippen molar-refractivity contribution >= 4 is 22.9 Å². The van der Waals surface area contributed by atoms with Gasteiger partial charge in [0.25, 0.3) is 5.91 Å². The lowest BCUT2D eigenvalue weighted by Gasteiger charge is -2.10. The molecule has 0 atom stereocenters. The Morgan fingerprint density at radius 1 is 1.38 bits per heavy atom. The molecule has 0 fully saturated rings. The van der Waals surface area contributed by atoms with Gasteiger partial charge in [-0.15, -0.1) is 11.3 Å². The van der Waals surface area contributed by atoms with Gasteiger partial charge in [0.15, 0.2) is 5.69 Å². The van der Waals surface area contributed by atoms with Crippen LogP contribution in [0.25, 0.3) is 0 Å². The summed E-state index contributed by atoms with van der Waals surface area (Å²) in [6.07, 6.45) is 3.30. The average Bonchev–Trinajstić information content (AvgIpc) is 2.89. The molecule has 0 aliphatic rings. The second kappa shape index (κ2) is 6.59. The first kappa shape index (κ1) is 15.3. The largest absolute Gasteiger partial charge is 0.344 e. The summed E-state index contributed by atoms with van der Waals surface area (Å²) in [5.41, 5.74) is 3.08. The third kappa shape index (κ3) is 3.73. The van der Waals surface area contributed by atoms with Crippen molar-refractivity contribution in [2.75, 3.05) is 5.43 Å². The van der Waals surface area contributed by atoms with Gasteiger partial charge in [-0.05, 0) is 6.92 Å². The molecule has 7 nitrogen and oxygen atoms in total. The standard InChI is InChI=1S/C13H18N6OS/c1-7(2)12-16-5-9(19-14)11(18-12)13(20)17-6-10-15-4-8(3)21-10/h4-5,7,19H,6,14H2,1-3H3,(H,17,20). The van der Waals surface area contributed by atoms with E-state index in [2.05, 4.69) is 25.7 Å². The number of anilines is 1. The molecule has 0 aromatic carbocycles. The molecular weight excluding hydrogens is 288 g/mol. The monoisotopic (exact) mass is 306 g/mol. The molecule has 21 heavy (non-hydrogen) atoms. The summed E-state index contributed by atoms with van der Waals surface area (Å²) < 4.78 is 0. The topological polar surface area (TPSA) is 106 Å². The number of thiazole rings is 1. The molecule has 0 aliphatic heterocycles. The molecule has 2 aromatic rings. The Hall–Kier alpha value is -2.06. The Kier molecular flexibility index (Phi) is 4.81. The van der Waals surface area contributed by atoms with Crippen molar-refractivity contribution in [2.24, 2.45) is 5.84 Å². The fourth-order valence-corrected chi connectivity index (χ4v) is 2.40. The number of carbonyl (C=O) groups excluding carboxylic acids is 1. The lowest BCUT2D eigenvalue weighted by molar-refractivity contribution is 0.0946. The van der Waals surface area contributed by atoms with Crippen LogP contribution in [0.2, 0.25) is 0 Å². The van der Waals surface area contributed by atoms with Crippen molar-refractivity contribution in [1.82, 2.24) is 20.3 Å². The quantitative estimate of drug-likeness (QED) is 0.572. The van der Waals surface area contributed by atoms with Crippen molar-refractivity contribution in [3.8, 4) is 0 Å². The van der Waals surface area contributed by atoms with Gasteiger partial charge in [-0.25, -0.2) is 15.0 Å². The number of nitrogens with zero attached hydrogens (tertiary/aromatic N) is 3. The minimum atomic E-state index is -0.305. The minimum Gasteiger partial charge on any atom is -0.344 e. The maximum Gasteiger partial charge on any atom is 0.272 e. The molecule has 0 saturated carbocycles. The number of aryl methyl sites for hydroxylation is 1. The van der Waals surface area contributed by atoms with Crippen molar-refractivity contribution in [1.29, 1.82) is 0 Å². The van der Waals surface area contributed by atoms with E-state index in [-0.39, 0.29) is 17.5 Å². The summed E-state index contributed by atoms with van der Waals surface area (Å²) in [4.78, 5) is 26.0. The maximum absolute atomic E-state index is 12.3. The fraction of sp³-hybridized carbons (Fsp3) is 0.385. The number of rotatable bonds is 5. The minimum absolute atomic E-state index is 0.130. The van der Waals surface area contributed by atoms with Crippen LogP contribution in [0, 0.1) is 6.92 Å². The second-order valence-corrected chi connectivity index (χ2v) is 6.16. The Morgan fingerprint density at radius 2 is 2.14 bits per heavy atom. The van der Waals surface area contributed by atoms with Crippen LogP contribution >= 0.6 is 11.3 Å². The predicted molar refractivity (Wildman–Crippen MR) is 82.0 cm³/mol. The molecule has 1 amide bonds.